The summed E-state index contributed by atoms with van der Waals surface area (Å²) >= 11 is 5.37. The SMILES string of the molecule is CCn1c(=S)c2[nH]c(C(C)C)nc2n(CC)c1=O. The van der Waals surface area contributed by atoms with Gasteiger partial charge in [-0.3, -0.25) is 9.13 Å². The highest BCUT2D eigenvalue weighted by Gasteiger charge is 2.14. The molecule has 0 saturated carbocycles. The van der Waals surface area contributed by atoms with Crippen LogP contribution in [0.15, 0.2) is 4.79 Å². The molecule has 0 aliphatic rings. The van der Waals surface area contributed by atoms with Crippen LogP contribution in [0.4, 0.5) is 0 Å². The Hall–Kier alpha value is -1.43. The van der Waals surface area contributed by atoms with Gasteiger partial charge in [-0.25, -0.2) is 9.78 Å². The van der Waals surface area contributed by atoms with Crippen LogP contribution in [0.2, 0.25) is 0 Å². The van der Waals surface area contributed by atoms with Crippen molar-refractivity contribution in [3.63, 3.8) is 0 Å². The molecule has 0 spiro atoms. The molecule has 2 heterocycles. The zero-order valence-corrected chi connectivity index (χ0v) is 12.0. The first kappa shape index (κ1) is 13.0. The van der Waals surface area contributed by atoms with Crippen molar-refractivity contribution in [2.24, 2.45) is 0 Å². The summed E-state index contributed by atoms with van der Waals surface area (Å²) < 4.78 is 3.81. The third-order valence-electron chi connectivity index (χ3n) is 3.06. The molecule has 0 aliphatic heterocycles. The number of nitrogens with one attached hydrogen (secondary N) is 1. The molecule has 98 valence electrons. The fourth-order valence-corrected chi connectivity index (χ4v) is 2.37. The zero-order chi connectivity index (χ0) is 13.4. The average molecular weight is 266 g/mol. The van der Waals surface area contributed by atoms with Gasteiger partial charge in [-0.2, -0.15) is 0 Å². The molecule has 2 rings (SSSR count). The molecule has 5 nitrogen and oxygen atoms in total. The van der Waals surface area contributed by atoms with E-state index in [4.69, 9.17) is 12.2 Å². The number of aryl methyl sites for hydroxylation is 1. The highest BCUT2D eigenvalue weighted by molar-refractivity contribution is 7.71. The van der Waals surface area contributed by atoms with Crippen molar-refractivity contribution in [2.45, 2.75) is 46.7 Å². The van der Waals surface area contributed by atoms with Crippen molar-refractivity contribution >= 4 is 23.4 Å². The van der Waals surface area contributed by atoms with E-state index in [2.05, 4.69) is 23.8 Å². The van der Waals surface area contributed by atoms with Crippen LogP contribution < -0.4 is 5.69 Å². The van der Waals surface area contributed by atoms with Crippen LogP contribution in [-0.2, 0) is 13.1 Å². The largest absolute Gasteiger partial charge is 0.338 e. The molecule has 0 aromatic carbocycles. The van der Waals surface area contributed by atoms with Crippen LogP contribution in [0.25, 0.3) is 11.2 Å². The van der Waals surface area contributed by atoms with Gasteiger partial charge in [-0.15, -0.1) is 0 Å². The molecule has 0 saturated heterocycles. The highest BCUT2D eigenvalue weighted by Crippen LogP contribution is 2.17. The molecule has 6 heteroatoms. The van der Waals surface area contributed by atoms with Crippen LogP contribution in [0.3, 0.4) is 0 Å². The Labute approximate surface area is 110 Å². The number of hydrogen-bond acceptors (Lipinski definition) is 3. The number of aromatic nitrogens is 4. The van der Waals surface area contributed by atoms with Crippen molar-refractivity contribution in [2.75, 3.05) is 0 Å². The van der Waals surface area contributed by atoms with Gasteiger partial charge in [0.1, 0.15) is 16.0 Å². The first-order valence-electron chi connectivity index (χ1n) is 6.24. The number of fused-ring (bicyclic) bond motifs is 1. The molecular formula is C12H18N4OS. The summed E-state index contributed by atoms with van der Waals surface area (Å²) in [4.78, 5) is 20.0. The van der Waals surface area contributed by atoms with Gasteiger partial charge >= 0.3 is 5.69 Å². The van der Waals surface area contributed by atoms with E-state index in [-0.39, 0.29) is 11.6 Å². The Balaban J connectivity index is 2.95. The molecular weight excluding hydrogens is 248 g/mol. The van der Waals surface area contributed by atoms with Gasteiger partial charge in [0.25, 0.3) is 0 Å². The number of aromatic amines is 1. The first-order chi connectivity index (χ1) is 8.51. The number of nitrogens with zero attached hydrogens (tertiary/aromatic N) is 3. The smallest absolute Gasteiger partial charge is 0.330 e. The Morgan fingerprint density at radius 2 is 1.89 bits per heavy atom. The van der Waals surface area contributed by atoms with E-state index >= 15 is 0 Å². The van der Waals surface area contributed by atoms with E-state index < -0.39 is 0 Å². The molecule has 0 aliphatic carbocycles. The molecule has 1 N–H and O–H groups in total. The van der Waals surface area contributed by atoms with Crippen molar-refractivity contribution in [1.82, 2.24) is 19.1 Å². The Morgan fingerprint density at radius 1 is 1.28 bits per heavy atom. The minimum absolute atomic E-state index is 0.0840. The van der Waals surface area contributed by atoms with Crippen LogP contribution in [0, 0.1) is 4.64 Å². The molecule has 2 aromatic rings. The topological polar surface area (TPSA) is 55.6 Å². The standard InChI is InChI=1S/C12H18N4OS/c1-5-15-10-8(13-9(14-10)7(3)4)11(18)16(6-2)12(15)17/h7H,5-6H2,1-4H3,(H,13,14). The zero-order valence-electron chi connectivity index (χ0n) is 11.1. The second-order valence-corrected chi connectivity index (χ2v) is 4.94. The molecule has 0 fully saturated rings. The molecule has 0 radical (unpaired) electrons. The summed E-state index contributed by atoms with van der Waals surface area (Å²) in [5.74, 6) is 1.15. The molecule has 0 unspecified atom stereocenters. The lowest BCUT2D eigenvalue weighted by Gasteiger charge is -2.08. The van der Waals surface area contributed by atoms with Crippen molar-refractivity contribution in [3.8, 4) is 0 Å². The van der Waals surface area contributed by atoms with Gasteiger partial charge in [0.2, 0.25) is 0 Å². The van der Waals surface area contributed by atoms with Crippen molar-refractivity contribution < 1.29 is 0 Å². The summed E-state index contributed by atoms with van der Waals surface area (Å²) in [6, 6.07) is 0. The monoisotopic (exact) mass is 266 g/mol. The highest BCUT2D eigenvalue weighted by atomic mass is 32.1. The fourth-order valence-electron chi connectivity index (χ4n) is 2.02. The second-order valence-electron chi connectivity index (χ2n) is 4.55. The van der Waals surface area contributed by atoms with Gasteiger partial charge in [0.15, 0.2) is 5.65 Å². The van der Waals surface area contributed by atoms with E-state index in [0.29, 0.717) is 23.4 Å². The summed E-state index contributed by atoms with van der Waals surface area (Å²) in [5, 5.41) is 0. The van der Waals surface area contributed by atoms with Gasteiger partial charge in [0, 0.05) is 19.0 Å². The van der Waals surface area contributed by atoms with Gasteiger partial charge in [-0.05, 0) is 13.8 Å². The van der Waals surface area contributed by atoms with Crippen molar-refractivity contribution in [3.05, 3.63) is 20.9 Å². The van der Waals surface area contributed by atoms with Crippen LogP contribution >= 0.6 is 12.2 Å². The Bertz CT molecular complexity index is 692. The summed E-state index contributed by atoms with van der Waals surface area (Å²) in [7, 11) is 0. The summed E-state index contributed by atoms with van der Waals surface area (Å²) in [6.45, 7) is 9.14. The fraction of sp³-hybridized carbons (Fsp3) is 0.583. The lowest BCUT2D eigenvalue weighted by atomic mass is 10.2. The number of imidazole rings is 1. The third kappa shape index (κ3) is 1.80. The molecule has 18 heavy (non-hydrogen) atoms. The lowest BCUT2D eigenvalue weighted by molar-refractivity contribution is 0.615. The van der Waals surface area contributed by atoms with Gasteiger partial charge in [-0.1, -0.05) is 26.1 Å². The van der Waals surface area contributed by atoms with Crippen LogP contribution in [0.1, 0.15) is 39.4 Å². The molecule has 0 atom stereocenters. The second kappa shape index (κ2) is 4.68. The maximum absolute atomic E-state index is 12.3. The van der Waals surface area contributed by atoms with Crippen molar-refractivity contribution in [1.29, 1.82) is 0 Å². The third-order valence-corrected chi connectivity index (χ3v) is 3.48. The van der Waals surface area contributed by atoms with Gasteiger partial charge < -0.3 is 4.98 Å². The number of H-pyrrole nitrogens is 1. The van der Waals surface area contributed by atoms with Gasteiger partial charge in [0.05, 0.1) is 0 Å². The number of rotatable bonds is 3. The van der Waals surface area contributed by atoms with E-state index in [0.717, 1.165) is 11.3 Å². The Kier molecular flexibility index (Phi) is 3.38. The van der Waals surface area contributed by atoms with E-state index in [1.807, 2.05) is 13.8 Å². The molecule has 2 aromatic heterocycles. The van der Waals surface area contributed by atoms with Crippen LogP contribution in [0.5, 0.6) is 0 Å². The Morgan fingerprint density at radius 3 is 2.39 bits per heavy atom. The normalized spacial score (nSPS) is 11.6. The van der Waals surface area contributed by atoms with E-state index in [9.17, 15) is 4.79 Å². The maximum Gasteiger partial charge on any atom is 0.330 e. The number of hydrogen-bond donors (Lipinski definition) is 1. The predicted octanol–water partition coefficient (Wildman–Crippen LogP) is 2.42. The summed E-state index contributed by atoms with van der Waals surface area (Å²) in [6.07, 6.45) is 0. The first-order valence-corrected chi connectivity index (χ1v) is 6.65. The van der Waals surface area contributed by atoms with E-state index in [1.54, 1.807) is 9.13 Å². The minimum Gasteiger partial charge on any atom is -0.338 e. The maximum atomic E-state index is 12.3. The quantitative estimate of drug-likeness (QED) is 0.868. The molecule has 0 amide bonds. The lowest BCUT2D eigenvalue weighted by Crippen LogP contribution is -2.30. The minimum atomic E-state index is -0.0840. The van der Waals surface area contributed by atoms with E-state index in [1.165, 1.54) is 0 Å². The molecule has 0 bridgehead atoms. The van der Waals surface area contributed by atoms with Crippen LogP contribution in [-0.4, -0.2) is 19.1 Å². The average Bonchev–Trinajstić information content (AvgIpc) is 2.75. The summed E-state index contributed by atoms with van der Waals surface area (Å²) in [5.41, 5.74) is 1.37. The predicted molar refractivity (Wildman–Crippen MR) is 74.6 cm³/mol.